The predicted octanol–water partition coefficient (Wildman–Crippen LogP) is 3.08. The number of esters is 1. The fourth-order valence-electron chi connectivity index (χ4n) is 4.29. The molecule has 0 N–H and O–H groups in total. The number of benzene rings is 2. The van der Waals surface area contributed by atoms with Crippen LogP contribution in [0, 0.1) is 5.92 Å². The van der Waals surface area contributed by atoms with Crippen LogP contribution in [0.4, 0.5) is 0 Å². The number of ketones is 1. The first-order valence-electron chi connectivity index (χ1n) is 8.80. The molecular formula is C22H16O6. The number of methoxy groups -OCH3 is 2. The Balaban J connectivity index is 1.85. The van der Waals surface area contributed by atoms with Crippen molar-refractivity contribution in [3.8, 4) is 5.75 Å². The van der Waals surface area contributed by atoms with Crippen LogP contribution in [-0.2, 0) is 24.6 Å². The molecular weight excluding hydrogens is 360 g/mol. The molecule has 0 aromatic heterocycles. The zero-order chi connectivity index (χ0) is 19.5. The van der Waals surface area contributed by atoms with Gasteiger partial charge in [-0.3, -0.25) is 4.79 Å². The standard InChI is InChI=1S/C22H16O6/c1-25-17-11-16-18(19(23)20(17)26-2)22(14-9-5-6-10-15(14)27-16)13-8-4-3-7-12(13)21(24)28-22/h3-11,18H,1-2H3. The van der Waals surface area contributed by atoms with Crippen molar-refractivity contribution in [3.63, 3.8) is 0 Å². The molecule has 5 rings (SSSR count). The highest BCUT2D eigenvalue weighted by Gasteiger charge is 2.62. The van der Waals surface area contributed by atoms with Crippen molar-refractivity contribution >= 4 is 11.8 Å². The second-order valence-corrected chi connectivity index (χ2v) is 6.71. The van der Waals surface area contributed by atoms with Gasteiger partial charge in [-0.1, -0.05) is 36.4 Å². The van der Waals surface area contributed by atoms with Gasteiger partial charge in [-0.25, -0.2) is 4.79 Å². The molecule has 6 heteroatoms. The molecule has 2 unspecified atom stereocenters. The minimum absolute atomic E-state index is 0.0686. The van der Waals surface area contributed by atoms with Gasteiger partial charge in [0.15, 0.2) is 11.4 Å². The van der Waals surface area contributed by atoms with E-state index < -0.39 is 17.5 Å². The lowest BCUT2D eigenvalue weighted by Gasteiger charge is -2.42. The van der Waals surface area contributed by atoms with Crippen molar-refractivity contribution in [3.05, 3.63) is 88.6 Å². The normalized spacial score (nSPS) is 24.6. The Kier molecular flexibility index (Phi) is 3.40. The number of carbonyl (C=O) groups is 2. The van der Waals surface area contributed by atoms with E-state index in [1.807, 2.05) is 30.3 Å². The third kappa shape index (κ3) is 1.92. The van der Waals surface area contributed by atoms with Gasteiger partial charge in [0.25, 0.3) is 0 Å². The topological polar surface area (TPSA) is 71.1 Å². The van der Waals surface area contributed by atoms with Crippen LogP contribution in [-0.4, -0.2) is 26.0 Å². The molecule has 2 aromatic carbocycles. The van der Waals surface area contributed by atoms with E-state index in [1.54, 1.807) is 24.3 Å². The van der Waals surface area contributed by atoms with E-state index in [1.165, 1.54) is 14.2 Å². The highest BCUT2D eigenvalue weighted by Crippen LogP contribution is 2.57. The van der Waals surface area contributed by atoms with Gasteiger partial charge in [-0.05, 0) is 12.1 Å². The maximum atomic E-state index is 13.5. The quantitative estimate of drug-likeness (QED) is 0.750. The van der Waals surface area contributed by atoms with Crippen LogP contribution in [0.15, 0.2) is 71.9 Å². The predicted molar refractivity (Wildman–Crippen MR) is 97.3 cm³/mol. The second-order valence-electron chi connectivity index (χ2n) is 6.71. The molecule has 28 heavy (non-hydrogen) atoms. The maximum Gasteiger partial charge on any atom is 0.339 e. The Morgan fingerprint density at radius 2 is 1.64 bits per heavy atom. The summed E-state index contributed by atoms with van der Waals surface area (Å²) in [5, 5.41) is 0. The fraction of sp³-hybridized carbons (Fsp3) is 0.182. The first-order chi connectivity index (χ1) is 13.6. The van der Waals surface area contributed by atoms with E-state index in [-0.39, 0.29) is 17.3 Å². The van der Waals surface area contributed by atoms with Gasteiger partial charge in [0.1, 0.15) is 17.4 Å². The van der Waals surface area contributed by atoms with E-state index in [0.717, 1.165) is 0 Å². The molecule has 0 fully saturated rings. The van der Waals surface area contributed by atoms with E-state index in [4.69, 9.17) is 18.9 Å². The summed E-state index contributed by atoms with van der Waals surface area (Å²) in [4.78, 5) is 26.2. The van der Waals surface area contributed by atoms with Crippen molar-refractivity contribution in [2.75, 3.05) is 14.2 Å². The van der Waals surface area contributed by atoms with Crippen molar-refractivity contribution in [1.29, 1.82) is 0 Å². The Morgan fingerprint density at radius 1 is 0.929 bits per heavy atom. The summed E-state index contributed by atoms with van der Waals surface area (Å²) in [6.45, 7) is 0. The molecule has 0 saturated heterocycles. The van der Waals surface area contributed by atoms with E-state index >= 15 is 0 Å². The van der Waals surface area contributed by atoms with Crippen molar-refractivity contribution in [2.45, 2.75) is 5.60 Å². The SMILES string of the molecule is COC1=C(OC)C(=O)C2C(=C1)Oc1ccccc1C21OC(=O)c2ccccc21. The number of para-hydroxylation sites is 1. The lowest BCUT2D eigenvalue weighted by Crippen LogP contribution is -2.48. The Labute approximate surface area is 161 Å². The summed E-state index contributed by atoms with van der Waals surface area (Å²) in [5.74, 6) is -0.533. The monoisotopic (exact) mass is 376 g/mol. The largest absolute Gasteiger partial charge is 0.493 e. The molecule has 2 atom stereocenters. The molecule has 1 aliphatic carbocycles. The average molecular weight is 376 g/mol. The molecule has 140 valence electrons. The Bertz CT molecular complexity index is 1100. The zero-order valence-corrected chi connectivity index (χ0v) is 15.2. The van der Waals surface area contributed by atoms with Crippen molar-refractivity contribution in [2.24, 2.45) is 5.92 Å². The van der Waals surface area contributed by atoms with Gasteiger partial charge in [-0.2, -0.15) is 0 Å². The summed E-state index contributed by atoms with van der Waals surface area (Å²) in [5.41, 5.74) is 0.373. The Morgan fingerprint density at radius 3 is 2.39 bits per heavy atom. The van der Waals surface area contributed by atoms with Gasteiger partial charge in [-0.15, -0.1) is 0 Å². The van der Waals surface area contributed by atoms with E-state index in [0.29, 0.717) is 28.2 Å². The number of rotatable bonds is 2. The highest BCUT2D eigenvalue weighted by atomic mass is 16.6. The van der Waals surface area contributed by atoms with Crippen LogP contribution >= 0.6 is 0 Å². The molecule has 0 bridgehead atoms. The number of fused-ring (bicyclic) bond motifs is 6. The molecule has 1 spiro atoms. The van der Waals surface area contributed by atoms with Gasteiger partial charge in [0, 0.05) is 17.2 Å². The van der Waals surface area contributed by atoms with Crippen LogP contribution in [0.25, 0.3) is 0 Å². The third-order valence-corrected chi connectivity index (χ3v) is 5.41. The summed E-state index contributed by atoms with van der Waals surface area (Å²) < 4.78 is 22.7. The van der Waals surface area contributed by atoms with Crippen LogP contribution in [0.3, 0.4) is 0 Å². The number of ether oxygens (including phenoxy) is 4. The first kappa shape index (κ1) is 16.6. The molecule has 2 heterocycles. The van der Waals surface area contributed by atoms with Crippen LogP contribution in [0.1, 0.15) is 21.5 Å². The molecule has 0 saturated carbocycles. The summed E-state index contributed by atoms with van der Waals surface area (Å²) in [6.07, 6.45) is 1.62. The van der Waals surface area contributed by atoms with Crippen molar-refractivity contribution < 1.29 is 28.5 Å². The molecule has 3 aliphatic rings. The maximum absolute atomic E-state index is 13.5. The van der Waals surface area contributed by atoms with Gasteiger partial charge < -0.3 is 18.9 Å². The zero-order valence-electron chi connectivity index (χ0n) is 15.2. The first-order valence-corrected chi connectivity index (χ1v) is 8.80. The third-order valence-electron chi connectivity index (χ3n) is 5.41. The van der Waals surface area contributed by atoms with E-state index in [9.17, 15) is 9.59 Å². The van der Waals surface area contributed by atoms with Crippen LogP contribution in [0.5, 0.6) is 5.75 Å². The number of hydrogen-bond donors (Lipinski definition) is 0. The number of Topliss-reactive ketones (excluding diaryl/α,β-unsaturated/α-hetero) is 1. The smallest absolute Gasteiger partial charge is 0.339 e. The van der Waals surface area contributed by atoms with Gasteiger partial charge in [0.05, 0.1) is 19.8 Å². The number of hydrogen-bond acceptors (Lipinski definition) is 6. The second kappa shape index (κ2) is 5.73. The molecule has 2 aromatic rings. The highest BCUT2D eigenvalue weighted by molar-refractivity contribution is 6.04. The fourth-order valence-corrected chi connectivity index (χ4v) is 4.29. The summed E-state index contributed by atoms with van der Waals surface area (Å²) >= 11 is 0. The molecule has 6 nitrogen and oxygen atoms in total. The van der Waals surface area contributed by atoms with Crippen LogP contribution in [0.2, 0.25) is 0 Å². The minimum atomic E-state index is -1.32. The Hall–Kier alpha value is -3.54. The summed E-state index contributed by atoms with van der Waals surface area (Å²) in [7, 11) is 2.86. The van der Waals surface area contributed by atoms with Crippen LogP contribution < -0.4 is 4.74 Å². The molecule has 2 aliphatic heterocycles. The summed E-state index contributed by atoms with van der Waals surface area (Å²) in [6, 6.07) is 14.4. The lowest BCUT2D eigenvalue weighted by molar-refractivity contribution is -0.130. The lowest BCUT2D eigenvalue weighted by atomic mass is 9.69. The number of carbonyl (C=O) groups excluding carboxylic acids is 2. The number of allylic oxidation sites excluding steroid dienone is 2. The van der Waals surface area contributed by atoms with Gasteiger partial charge >= 0.3 is 5.97 Å². The molecule has 0 radical (unpaired) electrons. The van der Waals surface area contributed by atoms with Gasteiger partial charge in [0.2, 0.25) is 11.5 Å². The minimum Gasteiger partial charge on any atom is -0.493 e. The van der Waals surface area contributed by atoms with E-state index in [2.05, 4.69) is 0 Å². The average Bonchev–Trinajstić information content (AvgIpc) is 3.01. The van der Waals surface area contributed by atoms with Crippen molar-refractivity contribution in [1.82, 2.24) is 0 Å². The molecule has 0 amide bonds.